The number of benzene rings is 1. The fourth-order valence-corrected chi connectivity index (χ4v) is 0.407. The maximum atomic E-state index is 7.06. The molecule has 2 radical (unpaired) electrons. The molecule has 1 aromatic rings. The van der Waals surface area contributed by atoms with Crippen molar-refractivity contribution < 1.29 is 1.37 Å². The molecule has 1 aromatic carbocycles. The topological polar surface area (TPSA) is 0 Å². The van der Waals surface area contributed by atoms with E-state index in [9.17, 15) is 0 Å². The van der Waals surface area contributed by atoms with Crippen LogP contribution in [0.15, 0.2) is 30.3 Å². The van der Waals surface area contributed by atoms with Gasteiger partial charge in [-0.25, -0.2) is 0 Å². The minimum atomic E-state index is 0.463. The highest BCUT2D eigenvalue weighted by molar-refractivity contribution is 5.16. The molecule has 0 nitrogen and oxygen atoms in total. The Morgan fingerprint density at radius 3 is 2.71 bits per heavy atom. The number of hydrogen-bond acceptors (Lipinski definition) is 0. The highest BCUT2D eigenvalue weighted by Gasteiger charge is 1.72. The first kappa shape index (κ1) is 3.25. The zero-order valence-electron chi connectivity index (χ0n) is 4.89. The summed E-state index contributed by atoms with van der Waals surface area (Å²) in [6, 6.07) is 7.29. The van der Waals surface area contributed by atoms with Crippen molar-refractivity contribution in [3.05, 3.63) is 42.8 Å². The van der Waals surface area contributed by atoms with Crippen molar-refractivity contribution in [2.24, 2.45) is 0 Å². The zero-order chi connectivity index (χ0) is 5.98. The van der Waals surface area contributed by atoms with Crippen LogP contribution in [0, 0.1) is 6.92 Å². The van der Waals surface area contributed by atoms with Crippen molar-refractivity contribution in [2.75, 3.05) is 0 Å². The molecule has 0 N–H and O–H groups in total. The van der Waals surface area contributed by atoms with E-state index in [1.807, 2.05) is 0 Å². The number of rotatable bonds is 0. The molecule has 0 unspecified atom stereocenters. The van der Waals surface area contributed by atoms with Gasteiger partial charge in [-0.15, -0.1) is 0 Å². The van der Waals surface area contributed by atoms with E-state index in [1.54, 1.807) is 24.3 Å². The summed E-state index contributed by atoms with van der Waals surface area (Å²) in [5, 5.41) is 0. The first-order valence-electron chi connectivity index (χ1n) is 2.61. The van der Waals surface area contributed by atoms with Crippen LogP contribution >= 0.6 is 0 Å². The Bertz CT molecular complexity index is 164. The Kier molecular flexibility index (Phi) is 0.828. The van der Waals surface area contributed by atoms with E-state index in [0.29, 0.717) is 11.6 Å². The molecule has 0 aliphatic rings. The lowest BCUT2D eigenvalue weighted by Gasteiger charge is -1.82. The molecule has 0 saturated heterocycles. The summed E-state index contributed by atoms with van der Waals surface area (Å²) in [5.41, 5.74) is 0.650. The van der Waals surface area contributed by atoms with Gasteiger partial charge in [0.25, 0.3) is 0 Å². The molecule has 1 rings (SSSR count). The molecular formula is C7H6. The van der Waals surface area contributed by atoms with Crippen molar-refractivity contribution in [1.29, 1.82) is 0 Å². The fourth-order valence-electron chi connectivity index (χ4n) is 0.407. The molecule has 34 valence electrons. The molecule has 0 aliphatic heterocycles. The van der Waals surface area contributed by atoms with Crippen molar-refractivity contribution >= 4 is 0 Å². The Labute approximate surface area is 45.2 Å². The smallest absolute Gasteiger partial charge is 0.0622 e. The van der Waals surface area contributed by atoms with E-state index in [2.05, 4.69) is 0 Å². The summed E-state index contributed by atoms with van der Waals surface area (Å²) in [6.07, 6.45) is 0. The summed E-state index contributed by atoms with van der Waals surface area (Å²) >= 11 is 0. The maximum absolute atomic E-state index is 7.06. The Morgan fingerprint density at radius 2 is 2.29 bits per heavy atom. The highest BCUT2D eigenvalue weighted by Crippen LogP contribution is 1.92. The maximum Gasteiger partial charge on any atom is 0.0623 e. The summed E-state index contributed by atoms with van der Waals surface area (Å²) in [6.45, 7) is 5.34. The molecule has 0 fully saturated rings. The van der Waals surface area contributed by atoms with Gasteiger partial charge in [0, 0.05) is 0 Å². The van der Waals surface area contributed by atoms with Gasteiger partial charge in [0.05, 0.1) is 1.37 Å². The molecule has 0 atom stereocenters. The van der Waals surface area contributed by atoms with E-state index in [-0.39, 0.29) is 0 Å². The van der Waals surface area contributed by atoms with Crippen LogP contribution in [0.25, 0.3) is 0 Å². The minimum Gasteiger partial charge on any atom is -0.0622 e. The third-order valence-corrected chi connectivity index (χ3v) is 0.731. The standard InChI is InChI=1S/C7H6/c1-7-5-3-2-4-6-7/h1-6H/i3D. The molecular weight excluding hydrogens is 84.1 g/mol. The average molecular weight is 91.1 g/mol. The van der Waals surface area contributed by atoms with Crippen molar-refractivity contribution in [2.45, 2.75) is 0 Å². The van der Waals surface area contributed by atoms with Crippen LogP contribution in [0.1, 0.15) is 6.93 Å². The SMILES string of the molecule is [2H]c1cccc([CH])c1. The van der Waals surface area contributed by atoms with Crippen LogP contribution in [-0.2, 0) is 0 Å². The lowest BCUT2D eigenvalue weighted by molar-refractivity contribution is 1.62. The summed E-state index contributed by atoms with van der Waals surface area (Å²) < 4.78 is 7.06. The van der Waals surface area contributed by atoms with Gasteiger partial charge in [0.15, 0.2) is 0 Å². The van der Waals surface area contributed by atoms with Gasteiger partial charge in [-0.2, -0.15) is 0 Å². The second-order valence-electron chi connectivity index (χ2n) is 1.34. The van der Waals surface area contributed by atoms with Gasteiger partial charge < -0.3 is 0 Å². The lowest BCUT2D eigenvalue weighted by atomic mass is 10.2. The van der Waals surface area contributed by atoms with Crippen LogP contribution in [0.4, 0.5) is 0 Å². The molecule has 0 aliphatic carbocycles. The second-order valence-corrected chi connectivity index (χ2v) is 1.34. The van der Waals surface area contributed by atoms with E-state index in [4.69, 9.17) is 8.29 Å². The van der Waals surface area contributed by atoms with Gasteiger partial charge in [0.2, 0.25) is 0 Å². The van der Waals surface area contributed by atoms with Crippen LogP contribution < -0.4 is 0 Å². The summed E-state index contributed by atoms with van der Waals surface area (Å²) in [7, 11) is 0. The van der Waals surface area contributed by atoms with Gasteiger partial charge >= 0.3 is 0 Å². The molecule has 0 saturated carbocycles. The number of hydrogen-bond donors (Lipinski definition) is 0. The van der Waals surface area contributed by atoms with Crippen molar-refractivity contribution in [3.8, 4) is 0 Å². The quantitative estimate of drug-likeness (QED) is 0.456. The molecule has 0 heteroatoms. The first-order chi connectivity index (χ1) is 3.79. The van der Waals surface area contributed by atoms with Crippen LogP contribution in [0.2, 0.25) is 0 Å². The highest BCUT2D eigenvalue weighted by atomic mass is 13.8. The molecule has 0 amide bonds. The van der Waals surface area contributed by atoms with E-state index >= 15 is 0 Å². The van der Waals surface area contributed by atoms with Crippen LogP contribution in [-0.4, -0.2) is 0 Å². The van der Waals surface area contributed by atoms with Gasteiger partial charge in [-0.3, -0.25) is 0 Å². The fraction of sp³-hybridized carbons (Fsp3) is 0. The summed E-state index contributed by atoms with van der Waals surface area (Å²) in [5.74, 6) is 0. The minimum absolute atomic E-state index is 0.463. The monoisotopic (exact) mass is 91.1 g/mol. The molecule has 0 heterocycles. The molecule has 0 spiro atoms. The van der Waals surface area contributed by atoms with Crippen LogP contribution in [0.3, 0.4) is 0 Å². The first-order valence-corrected chi connectivity index (χ1v) is 2.11. The average Bonchev–Trinajstić information content (AvgIpc) is 1.64. The third kappa shape index (κ3) is 1.04. The van der Waals surface area contributed by atoms with Crippen molar-refractivity contribution in [1.82, 2.24) is 0 Å². The predicted octanol–water partition coefficient (Wildman–Crippen LogP) is 1.75. The predicted molar refractivity (Wildman–Crippen MR) is 29.8 cm³/mol. The normalized spacial score (nSPS) is 10.7. The van der Waals surface area contributed by atoms with E-state index in [0.717, 1.165) is 0 Å². The summed E-state index contributed by atoms with van der Waals surface area (Å²) in [4.78, 5) is 0. The van der Waals surface area contributed by atoms with Crippen molar-refractivity contribution in [3.63, 3.8) is 0 Å². The Morgan fingerprint density at radius 1 is 1.43 bits per heavy atom. The Hall–Kier alpha value is -0.780. The molecule has 7 heavy (non-hydrogen) atoms. The van der Waals surface area contributed by atoms with Gasteiger partial charge in [-0.05, 0) is 12.5 Å². The van der Waals surface area contributed by atoms with Crippen LogP contribution in [0.5, 0.6) is 0 Å². The second kappa shape index (κ2) is 1.78. The van der Waals surface area contributed by atoms with Gasteiger partial charge in [0.1, 0.15) is 0 Å². The molecule has 0 bridgehead atoms. The van der Waals surface area contributed by atoms with E-state index < -0.39 is 0 Å². The molecule has 0 aromatic heterocycles. The van der Waals surface area contributed by atoms with E-state index in [1.165, 1.54) is 0 Å². The lowest BCUT2D eigenvalue weighted by Crippen LogP contribution is -1.62. The largest absolute Gasteiger partial charge is 0.0623 e. The Balaban J connectivity index is 3.08. The van der Waals surface area contributed by atoms with Gasteiger partial charge in [-0.1, -0.05) is 30.3 Å². The third-order valence-electron chi connectivity index (χ3n) is 0.731. The zero-order valence-corrected chi connectivity index (χ0v) is 3.89.